The molecule has 2 aromatic carbocycles. The predicted molar refractivity (Wildman–Crippen MR) is 112 cm³/mol. The lowest BCUT2D eigenvalue weighted by molar-refractivity contribution is -0.136. The van der Waals surface area contributed by atoms with Crippen molar-refractivity contribution in [3.8, 4) is 5.75 Å². The molecule has 0 saturated heterocycles. The van der Waals surface area contributed by atoms with Gasteiger partial charge in [0.05, 0.1) is 19.2 Å². The van der Waals surface area contributed by atoms with Gasteiger partial charge in [0, 0.05) is 18.3 Å². The van der Waals surface area contributed by atoms with E-state index in [1.165, 1.54) is 0 Å². The highest BCUT2D eigenvalue weighted by Gasteiger charge is 2.13. The van der Waals surface area contributed by atoms with Crippen LogP contribution in [0, 0.1) is 0 Å². The molecule has 0 radical (unpaired) electrons. The Morgan fingerprint density at radius 2 is 1.86 bits per heavy atom. The molecule has 0 amide bonds. The van der Waals surface area contributed by atoms with Crippen molar-refractivity contribution in [1.29, 1.82) is 0 Å². The summed E-state index contributed by atoms with van der Waals surface area (Å²) in [6.45, 7) is 0.676. The van der Waals surface area contributed by atoms with Gasteiger partial charge in [0.25, 0.3) is 0 Å². The van der Waals surface area contributed by atoms with Crippen LogP contribution in [0.25, 0.3) is 6.08 Å². The standard InChI is InChI=1S/C24H23NO4/c1-29-21-12-10-20(11-13-21)24(28)22-9-5-15-25(22)14-3-2-6-18-7-4-8-19(16-18)17-23(26)27/h2,4-13,15-16H,3,14,17H2,1H3,(H,26,27). The lowest BCUT2D eigenvalue weighted by Gasteiger charge is -2.08. The van der Waals surface area contributed by atoms with E-state index in [1.54, 1.807) is 31.4 Å². The van der Waals surface area contributed by atoms with Gasteiger partial charge in [-0.1, -0.05) is 36.4 Å². The normalized spacial score (nSPS) is 10.9. The number of carboxylic acids is 1. The molecule has 5 nitrogen and oxygen atoms in total. The lowest BCUT2D eigenvalue weighted by Crippen LogP contribution is -2.09. The number of ketones is 1. The number of aliphatic carboxylic acids is 1. The molecule has 3 aromatic rings. The van der Waals surface area contributed by atoms with Crippen molar-refractivity contribution in [2.45, 2.75) is 19.4 Å². The Morgan fingerprint density at radius 3 is 2.59 bits per heavy atom. The minimum Gasteiger partial charge on any atom is -0.497 e. The molecule has 0 spiro atoms. The zero-order valence-electron chi connectivity index (χ0n) is 16.2. The van der Waals surface area contributed by atoms with Gasteiger partial charge >= 0.3 is 5.97 Å². The molecule has 3 rings (SSSR count). The second-order valence-corrected chi connectivity index (χ2v) is 6.65. The third kappa shape index (κ3) is 5.45. The summed E-state index contributed by atoms with van der Waals surface area (Å²) < 4.78 is 7.08. The van der Waals surface area contributed by atoms with Crippen LogP contribution in [0.2, 0.25) is 0 Å². The smallest absolute Gasteiger partial charge is 0.307 e. The average molecular weight is 389 g/mol. The lowest BCUT2D eigenvalue weighted by atomic mass is 10.1. The highest BCUT2D eigenvalue weighted by Crippen LogP contribution is 2.16. The Kier molecular flexibility index (Phi) is 6.63. The molecule has 29 heavy (non-hydrogen) atoms. The summed E-state index contributed by atoms with van der Waals surface area (Å²) in [6, 6.07) is 18.3. The average Bonchev–Trinajstić information content (AvgIpc) is 3.19. The molecule has 0 aliphatic rings. The summed E-state index contributed by atoms with van der Waals surface area (Å²) in [5, 5.41) is 8.90. The predicted octanol–water partition coefficient (Wildman–Crippen LogP) is 4.46. The number of aryl methyl sites for hydroxylation is 1. The van der Waals surface area contributed by atoms with E-state index < -0.39 is 5.97 Å². The first-order chi connectivity index (χ1) is 14.1. The molecular formula is C24H23NO4. The molecule has 0 aliphatic carbocycles. The zero-order valence-corrected chi connectivity index (χ0v) is 16.2. The summed E-state index contributed by atoms with van der Waals surface area (Å²) in [6.07, 6.45) is 6.67. The van der Waals surface area contributed by atoms with Crippen molar-refractivity contribution in [1.82, 2.24) is 4.57 Å². The van der Waals surface area contributed by atoms with Gasteiger partial charge in [0.15, 0.2) is 0 Å². The SMILES string of the molecule is COc1ccc(C(=O)c2cccn2CCC=Cc2cccc(CC(=O)O)c2)cc1. The minimum absolute atomic E-state index is 0.0158. The summed E-state index contributed by atoms with van der Waals surface area (Å²) in [4.78, 5) is 23.6. The Labute approximate surface area is 169 Å². The molecule has 0 saturated carbocycles. The van der Waals surface area contributed by atoms with E-state index in [0.29, 0.717) is 17.8 Å². The summed E-state index contributed by atoms with van der Waals surface area (Å²) >= 11 is 0. The Balaban J connectivity index is 1.62. The van der Waals surface area contributed by atoms with Gasteiger partial charge in [-0.2, -0.15) is 0 Å². The second kappa shape index (κ2) is 9.55. The van der Waals surface area contributed by atoms with Crippen molar-refractivity contribution >= 4 is 17.8 Å². The number of nitrogens with zero attached hydrogens (tertiary/aromatic N) is 1. The van der Waals surface area contributed by atoms with E-state index in [-0.39, 0.29) is 12.2 Å². The van der Waals surface area contributed by atoms with Crippen LogP contribution in [0.4, 0.5) is 0 Å². The Hall–Kier alpha value is -3.60. The number of carboxylic acid groups (broad SMARTS) is 1. The highest BCUT2D eigenvalue weighted by atomic mass is 16.5. The van der Waals surface area contributed by atoms with Gasteiger partial charge in [-0.25, -0.2) is 0 Å². The Morgan fingerprint density at radius 1 is 1.07 bits per heavy atom. The van der Waals surface area contributed by atoms with E-state index in [9.17, 15) is 9.59 Å². The first-order valence-electron chi connectivity index (χ1n) is 9.38. The van der Waals surface area contributed by atoms with Crippen molar-refractivity contribution in [3.63, 3.8) is 0 Å². The number of carbonyl (C=O) groups is 2. The second-order valence-electron chi connectivity index (χ2n) is 6.65. The van der Waals surface area contributed by atoms with Crippen LogP contribution in [-0.4, -0.2) is 28.5 Å². The molecule has 148 valence electrons. The molecule has 5 heteroatoms. The summed E-state index contributed by atoms with van der Waals surface area (Å²) in [7, 11) is 1.60. The quantitative estimate of drug-likeness (QED) is 0.549. The topological polar surface area (TPSA) is 68.5 Å². The fourth-order valence-corrected chi connectivity index (χ4v) is 3.12. The number of hydrogen-bond acceptors (Lipinski definition) is 3. The number of carbonyl (C=O) groups excluding carboxylic acids is 1. The fraction of sp³-hybridized carbons (Fsp3) is 0.167. The summed E-state index contributed by atoms with van der Waals surface area (Å²) in [5.41, 5.74) is 3.01. The van der Waals surface area contributed by atoms with E-state index in [1.807, 2.05) is 59.3 Å². The maximum atomic E-state index is 12.8. The van der Waals surface area contributed by atoms with Crippen molar-refractivity contribution in [3.05, 3.63) is 95.3 Å². The number of benzene rings is 2. The van der Waals surface area contributed by atoms with Gasteiger partial charge < -0.3 is 14.4 Å². The number of aromatic nitrogens is 1. The Bertz CT molecular complexity index is 1020. The minimum atomic E-state index is -0.840. The maximum absolute atomic E-state index is 12.8. The fourth-order valence-electron chi connectivity index (χ4n) is 3.12. The van der Waals surface area contributed by atoms with Crippen LogP contribution in [0.3, 0.4) is 0 Å². The molecule has 0 bridgehead atoms. The first kappa shape index (κ1) is 20.1. The first-order valence-corrected chi connectivity index (χ1v) is 9.38. The van der Waals surface area contributed by atoms with Gasteiger partial charge in [-0.3, -0.25) is 9.59 Å². The van der Waals surface area contributed by atoms with Crippen LogP contribution in [0.5, 0.6) is 5.75 Å². The van der Waals surface area contributed by atoms with Gasteiger partial charge in [0.1, 0.15) is 5.75 Å². The zero-order chi connectivity index (χ0) is 20.6. The molecule has 1 heterocycles. The molecule has 0 aliphatic heterocycles. The number of ether oxygens (including phenoxy) is 1. The monoisotopic (exact) mass is 389 g/mol. The molecule has 0 unspecified atom stereocenters. The van der Waals surface area contributed by atoms with Gasteiger partial charge in [-0.15, -0.1) is 0 Å². The van der Waals surface area contributed by atoms with Crippen LogP contribution >= 0.6 is 0 Å². The van der Waals surface area contributed by atoms with Crippen LogP contribution < -0.4 is 4.74 Å². The highest BCUT2D eigenvalue weighted by molar-refractivity contribution is 6.08. The molecule has 0 atom stereocenters. The van der Waals surface area contributed by atoms with E-state index in [4.69, 9.17) is 9.84 Å². The van der Waals surface area contributed by atoms with Gasteiger partial charge in [-0.05, 0) is 53.9 Å². The number of hydrogen-bond donors (Lipinski definition) is 1. The molecule has 0 fully saturated rings. The molecule has 1 aromatic heterocycles. The largest absolute Gasteiger partial charge is 0.497 e. The van der Waals surface area contributed by atoms with E-state index in [2.05, 4.69) is 0 Å². The van der Waals surface area contributed by atoms with Crippen molar-refractivity contribution in [2.75, 3.05) is 7.11 Å². The molecule has 1 N–H and O–H groups in total. The van der Waals surface area contributed by atoms with Crippen LogP contribution in [-0.2, 0) is 17.8 Å². The van der Waals surface area contributed by atoms with E-state index in [0.717, 1.165) is 23.3 Å². The molecular weight excluding hydrogens is 366 g/mol. The third-order valence-electron chi connectivity index (χ3n) is 4.57. The number of allylic oxidation sites excluding steroid dienone is 1. The number of methoxy groups -OCH3 is 1. The maximum Gasteiger partial charge on any atom is 0.307 e. The van der Waals surface area contributed by atoms with Gasteiger partial charge in [0.2, 0.25) is 5.78 Å². The van der Waals surface area contributed by atoms with E-state index >= 15 is 0 Å². The summed E-state index contributed by atoms with van der Waals surface area (Å²) in [5.74, 6) is -0.148. The van der Waals surface area contributed by atoms with Crippen LogP contribution in [0.1, 0.15) is 33.6 Å². The third-order valence-corrected chi connectivity index (χ3v) is 4.57. The number of rotatable bonds is 9. The van der Waals surface area contributed by atoms with Crippen molar-refractivity contribution in [2.24, 2.45) is 0 Å². The van der Waals surface area contributed by atoms with Crippen molar-refractivity contribution < 1.29 is 19.4 Å². The van der Waals surface area contributed by atoms with Crippen LogP contribution in [0.15, 0.2) is 72.9 Å².